The van der Waals surface area contributed by atoms with Crippen molar-refractivity contribution in [2.75, 3.05) is 11.9 Å². The van der Waals surface area contributed by atoms with Crippen LogP contribution in [0.3, 0.4) is 0 Å². The monoisotopic (exact) mass is 285 g/mol. The maximum atomic E-state index is 10.2. The van der Waals surface area contributed by atoms with Crippen molar-refractivity contribution in [1.82, 2.24) is 9.97 Å². The van der Waals surface area contributed by atoms with Crippen LogP contribution in [0.5, 0.6) is 0 Å². The summed E-state index contributed by atoms with van der Waals surface area (Å²) < 4.78 is 0. The molecule has 0 amide bonds. The average molecular weight is 285 g/mol. The van der Waals surface area contributed by atoms with Gasteiger partial charge in [0.15, 0.2) is 0 Å². The molecular formula is C17H23N3O. The Bertz CT molecular complexity index is 588. The molecule has 1 aromatic carbocycles. The van der Waals surface area contributed by atoms with Gasteiger partial charge in [0.2, 0.25) is 0 Å². The molecule has 2 rings (SSSR count). The Morgan fingerprint density at radius 3 is 2.38 bits per heavy atom. The first-order valence-corrected chi connectivity index (χ1v) is 7.17. The number of aliphatic hydroxyl groups is 1. The number of hydrogen-bond donors (Lipinski definition) is 2. The van der Waals surface area contributed by atoms with Crippen molar-refractivity contribution in [3.63, 3.8) is 0 Å². The fourth-order valence-corrected chi connectivity index (χ4v) is 2.07. The lowest BCUT2D eigenvalue weighted by Gasteiger charge is -2.20. The smallest absolute Gasteiger partial charge is 0.144 e. The van der Waals surface area contributed by atoms with Crippen LogP contribution in [-0.4, -0.2) is 21.6 Å². The lowest BCUT2D eigenvalue weighted by molar-refractivity contribution is 0.191. The molecule has 4 nitrogen and oxygen atoms in total. The standard InChI is InChI=1S/C17H23N3O/c1-12-9-18-11-16(20-12)19-10-15(21)13-5-7-14(8-6-13)17(2,3)4/h5-9,11,15,21H,10H2,1-4H3,(H,19,20). The average Bonchev–Trinajstić information content (AvgIpc) is 2.44. The van der Waals surface area contributed by atoms with E-state index >= 15 is 0 Å². The molecule has 0 bridgehead atoms. The van der Waals surface area contributed by atoms with E-state index in [0.29, 0.717) is 12.4 Å². The van der Waals surface area contributed by atoms with E-state index in [4.69, 9.17) is 0 Å². The maximum absolute atomic E-state index is 10.2. The largest absolute Gasteiger partial charge is 0.387 e. The molecule has 0 fully saturated rings. The zero-order valence-corrected chi connectivity index (χ0v) is 13.1. The fraction of sp³-hybridized carbons (Fsp3) is 0.412. The lowest BCUT2D eigenvalue weighted by Crippen LogP contribution is -2.14. The van der Waals surface area contributed by atoms with Gasteiger partial charge in [-0.3, -0.25) is 4.98 Å². The SMILES string of the molecule is Cc1cncc(NCC(O)c2ccc(C(C)(C)C)cc2)n1. The van der Waals surface area contributed by atoms with Crippen LogP contribution in [0.15, 0.2) is 36.7 Å². The van der Waals surface area contributed by atoms with Crippen molar-refractivity contribution in [3.8, 4) is 0 Å². The van der Waals surface area contributed by atoms with Gasteiger partial charge in [-0.25, -0.2) is 4.98 Å². The van der Waals surface area contributed by atoms with Crippen LogP contribution in [0.2, 0.25) is 0 Å². The van der Waals surface area contributed by atoms with E-state index in [1.165, 1.54) is 5.56 Å². The molecule has 4 heteroatoms. The Morgan fingerprint density at radius 2 is 1.81 bits per heavy atom. The highest BCUT2D eigenvalue weighted by Crippen LogP contribution is 2.24. The van der Waals surface area contributed by atoms with Crippen LogP contribution in [0.1, 0.15) is 43.7 Å². The maximum Gasteiger partial charge on any atom is 0.144 e. The molecule has 21 heavy (non-hydrogen) atoms. The predicted molar refractivity (Wildman–Crippen MR) is 85.4 cm³/mol. The van der Waals surface area contributed by atoms with Gasteiger partial charge in [-0.2, -0.15) is 0 Å². The summed E-state index contributed by atoms with van der Waals surface area (Å²) in [6, 6.07) is 8.11. The number of nitrogens with one attached hydrogen (secondary N) is 1. The van der Waals surface area contributed by atoms with Crippen LogP contribution in [-0.2, 0) is 5.41 Å². The third-order valence-corrected chi connectivity index (χ3v) is 3.39. The fourth-order valence-electron chi connectivity index (χ4n) is 2.07. The molecule has 112 valence electrons. The van der Waals surface area contributed by atoms with Crippen molar-refractivity contribution >= 4 is 5.82 Å². The second kappa shape index (κ2) is 6.22. The summed E-state index contributed by atoms with van der Waals surface area (Å²) in [4.78, 5) is 8.37. The second-order valence-electron chi connectivity index (χ2n) is 6.31. The van der Waals surface area contributed by atoms with E-state index in [0.717, 1.165) is 11.3 Å². The molecule has 0 aliphatic rings. The third kappa shape index (κ3) is 4.26. The van der Waals surface area contributed by atoms with Crippen molar-refractivity contribution < 1.29 is 5.11 Å². The Balaban J connectivity index is 1.99. The van der Waals surface area contributed by atoms with Gasteiger partial charge in [0.25, 0.3) is 0 Å². The molecule has 0 saturated carbocycles. The molecule has 0 spiro atoms. The van der Waals surface area contributed by atoms with Crippen LogP contribution in [0, 0.1) is 6.92 Å². The summed E-state index contributed by atoms with van der Waals surface area (Å²) >= 11 is 0. The summed E-state index contributed by atoms with van der Waals surface area (Å²) in [6.45, 7) is 8.83. The Labute approximate surface area is 126 Å². The molecule has 0 saturated heterocycles. The summed E-state index contributed by atoms with van der Waals surface area (Å²) in [6.07, 6.45) is 2.79. The zero-order chi connectivity index (χ0) is 15.5. The topological polar surface area (TPSA) is 58.0 Å². The highest BCUT2D eigenvalue weighted by Gasteiger charge is 2.14. The number of rotatable bonds is 4. The summed E-state index contributed by atoms with van der Waals surface area (Å²) in [5.74, 6) is 0.681. The molecule has 1 atom stereocenters. The lowest BCUT2D eigenvalue weighted by atomic mass is 9.86. The van der Waals surface area contributed by atoms with Crippen LogP contribution in [0.4, 0.5) is 5.82 Å². The van der Waals surface area contributed by atoms with E-state index in [2.05, 4.69) is 48.2 Å². The highest BCUT2D eigenvalue weighted by atomic mass is 16.3. The predicted octanol–water partition coefficient (Wildman–Crippen LogP) is 3.23. The first-order valence-electron chi connectivity index (χ1n) is 7.17. The van der Waals surface area contributed by atoms with E-state index in [1.54, 1.807) is 12.4 Å². The van der Waals surface area contributed by atoms with Crippen LogP contribution < -0.4 is 5.32 Å². The molecule has 0 aliphatic carbocycles. The second-order valence-corrected chi connectivity index (χ2v) is 6.31. The van der Waals surface area contributed by atoms with E-state index in [1.807, 2.05) is 19.1 Å². The third-order valence-electron chi connectivity index (χ3n) is 3.39. The van der Waals surface area contributed by atoms with Gasteiger partial charge < -0.3 is 10.4 Å². The minimum atomic E-state index is -0.568. The Hall–Kier alpha value is -1.94. The highest BCUT2D eigenvalue weighted by molar-refractivity contribution is 5.33. The number of benzene rings is 1. The number of hydrogen-bond acceptors (Lipinski definition) is 4. The van der Waals surface area contributed by atoms with Gasteiger partial charge >= 0.3 is 0 Å². The Kier molecular flexibility index (Phi) is 4.58. The minimum Gasteiger partial charge on any atom is -0.387 e. The number of aryl methyl sites for hydroxylation is 1. The summed E-state index contributed by atoms with van der Waals surface area (Å²) in [5, 5.41) is 13.3. The summed E-state index contributed by atoms with van der Waals surface area (Å²) in [5.41, 5.74) is 3.13. The van der Waals surface area contributed by atoms with Gasteiger partial charge in [0, 0.05) is 12.7 Å². The number of aromatic nitrogens is 2. The summed E-state index contributed by atoms with van der Waals surface area (Å²) in [7, 11) is 0. The van der Waals surface area contributed by atoms with Crippen molar-refractivity contribution in [2.24, 2.45) is 0 Å². The molecule has 1 aromatic heterocycles. The molecule has 2 aromatic rings. The van der Waals surface area contributed by atoms with Crippen LogP contribution >= 0.6 is 0 Å². The van der Waals surface area contributed by atoms with E-state index < -0.39 is 6.10 Å². The number of aliphatic hydroxyl groups excluding tert-OH is 1. The molecule has 0 radical (unpaired) electrons. The van der Waals surface area contributed by atoms with Crippen LogP contribution in [0.25, 0.3) is 0 Å². The van der Waals surface area contributed by atoms with E-state index in [-0.39, 0.29) is 5.41 Å². The van der Waals surface area contributed by atoms with Gasteiger partial charge in [-0.15, -0.1) is 0 Å². The molecular weight excluding hydrogens is 262 g/mol. The quantitative estimate of drug-likeness (QED) is 0.905. The van der Waals surface area contributed by atoms with Crippen molar-refractivity contribution in [1.29, 1.82) is 0 Å². The first kappa shape index (κ1) is 15.4. The van der Waals surface area contributed by atoms with E-state index in [9.17, 15) is 5.11 Å². The van der Waals surface area contributed by atoms with Gasteiger partial charge in [-0.05, 0) is 23.5 Å². The van der Waals surface area contributed by atoms with Crippen molar-refractivity contribution in [3.05, 3.63) is 53.5 Å². The first-order chi connectivity index (χ1) is 9.86. The normalized spacial score (nSPS) is 13.0. The van der Waals surface area contributed by atoms with Gasteiger partial charge in [0.05, 0.1) is 18.0 Å². The molecule has 1 unspecified atom stereocenters. The zero-order valence-electron chi connectivity index (χ0n) is 13.1. The number of anilines is 1. The number of nitrogens with zero attached hydrogens (tertiary/aromatic N) is 2. The van der Waals surface area contributed by atoms with Crippen molar-refractivity contribution in [2.45, 2.75) is 39.2 Å². The molecule has 0 aliphatic heterocycles. The van der Waals surface area contributed by atoms with Gasteiger partial charge in [0.1, 0.15) is 5.82 Å². The Morgan fingerprint density at radius 1 is 1.14 bits per heavy atom. The molecule has 2 N–H and O–H groups in total. The minimum absolute atomic E-state index is 0.124. The molecule has 1 heterocycles. The van der Waals surface area contributed by atoms with Gasteiger partial charge in [-0.1, -0.05) is 45.0 Å².